The number of aromatic nitrogens is 3. The quantitative estimate of drug-likeness (QED) is 0.912. The van der Waals surface area contributed by atoms with Gasteiger partial charge in [0.1, 0.15) is 10.9 Å². The summed E-state index contributed by atoms with van der Waals surface area (Å²) in [6.07, 6.45) is 1.85. The largest absolute Gasteiger partial charge is 0.310 e. The molecule has 1 N–H and O–H groups in total. The Kier molecular flexibility index (Phi) is 4.68. The molecule has 96 valence electrons. The summed E-state index contributed by atoms with van der Waals surface area (Å²) in [6.45, 7) is 7.12. The first-order valence-corrected chi connectivity index (χ1v) is 7.45. The van der Waals surface area contributed by atoms with Crippen LogP contribution in [0.3, 0.4) is 0 Å². The van der Waals surface area contributed by atoms with E-state index in [9.17, 15) is 0 Å². The minimum absolute atomic E-state index is 0.341. The van der Waals surface area contributed by atoms with Crippen molar-refractivity contribution in [3.63, 3.8) is 0 Å². The van der Waals surface area contributed by atoms with Crippen LogP contribution in [0.5, 0.6) is 0 Å². The molecule has 2 heterocycles. The van der Waals surface area contributed by atoms with Gasteiger partial charge in [0, 0.05) is 12.2 Å². The summed E-state index contributed by atoms with van der Waals surface area (Å²) in [4.78, 5) is 8.69. The number of aryl methyl sites for hydroxylation is 1. The van der Waals surface area contributed by atoms with Crippen LogP contribution >= 0.6 is 23.3 Å². The van der Waals surface area contributed by atoms with Gasteiger partial charge in [0.05, 0.1) is 0 Å². The van der Waals surface area contributed by atoms with Crippen LogP contribution in [-0.2, 0) is 0 Å². The molecule has 2 aromatic heterocycles. The van der Waals surface area contributed by atoms with Gasteiger partial charge in [0.25, 0.3) is 0 Å². The van der Waals surface area contributed by atoms with E-state index in [-0.39, 0.29) is 0 Å². The third kappa shape index (κ3) is 3.51. The monoisotopic (exact) mass is 280 g/mol. The average molecular weight is 280 g/mol. The molecule has 6 heteroatoms. The van der Waals surface area contributed by atoms with Crippen molar-refractivity contribution in [1.29, 1.82) is 0 Å². The Hall–Kier alpha value is -0.980. The second-order valence-electron chi connectivity index (χ2n) is 3.92. The standard InChI is InChI=1S/C12H16N4S2/c1-4-13-8(2)10-5-6-14-11(7-10)17-12-15-9(3)16-18-12/h5-8,13H,4H2,1-3H3. The lowest BCUT2D eigenvalue weighted by molar-refractivity contribution is 0.596. The maximum absolute atomic E-state index is 4.36. The second kappa shape index (κ2) is 6.26. The average Bonchev–Trinajstić information content (AvgIpc) is 2.75. The predicted molar refractivity (Wildman–Crippen MR) is 75.1 cm³/mol. The highest BCUT2D eigenvalue weighted by Gasteiger charge is 2.08. The van der Waals surface area contributed by atoms with E-state index in [1.54, 1.807) is 11.8 Å². The molecular weight excluding hydrogens is 264 g/mol. The normalized spacial score (nSPS) is 12.6. The molecule has 0 spiro atoms. The van der Waals surface area contributed by atoms with E-state index in [4.69, 9.17) is 0 Å². The van der Waals surface area contributed by atoms with Crippen LogP contribution in [0.15, 0.2) is 27.7 Å². The molecule has 0 aromatic carbocycles. The molecule has 1 unspecified atom stereocenters. The lowest BCUT2D eigenvalue weighted by atomic mass is 10.1. The molecule has 4 nitrogen and oxygen atoms in total. The Balaban J connectivity index is 2.12. The molecule has 1 atom stereocenters. The van der Waals surface area contributed by atoms with Crippen LogP contribution in [0.1, 0.15) is 31.3 Å². The lowest BCUT2D eigenvalue weighted by Gasteiger charge is -2.12. The Bertz CT molecular complexity index is 512. The van der Waals surface area contributed by atoms with E-state index >= 15 is 0 Å². The highest BCUT2D eigenvalue weighted by Crippen LogP contribution is 2.28. The van der Waals surface area contributed by atoms with Crippen molar-refractivity contribution < 1.29 is 0 Å². The zero-order valence-corrected chi connectivity index (χ0v) is 12.3. The van der Waals surface area contributed by atoms with Crippen LogP contribution in [-0.4, -0.2) is 20.9 Å². The molecule has 0 saturated heterocycles. The Morgan fingerprint density at radius 2 is 2.33 bits per heavy atom. The number of hydrogen-bond acceptors (Lipinski definition) is 6. The van der Waals surface area contributed by atoms with Crippen LogP contribution < -0.4 is 5.32 Å². The van der Waals surface area contributed by atoms with Gasteiger partial charge < -0.3 is 5.32 Å². The van der Waals surface area contributed by atoms with Gasteiger partial charge in [0.15, 0.2) is 4.34 Å². The summed E-state index contributed by atoms with van der Waals surface area (Å²) in [7, 11) is 0. The first-order valence-electron chi connectivity index (χ1n) is 5.86. The Morgan fingerprint density at radius 3 is 3.00 bits per heavy atom. The molecule has 0 fully saturated rings. The number of rotatable bonds is 5. The Morgan fingerprint density at radius 1 is 1.50 bits per heavy atom. The van der Waals surface area contributed by atoms with Crippen molar-refractivity contribution in [3.8, 4) is 0 Å². The second-order valence-corrected chi connectivity index (χ2v) is 5.94. The fourth-order valence-corrected chi connectivity index (χ4v) is 3.19. The minimum Gasteiger partial charge on any atom is -0.310 e. The van der Waals surface area contributed by atoms with Crippen molar-refractivity contribution in [2.75, 3.05) is 6.54 Å². The van der Waals surface area contributed by atoms with Gasteiger partial charge in [0.2, 0.25) is 0 Å². The highest BCUT2D eigenvalue weighted by molar-refractivity contribution is 8.00. The fraction of sp³-hybridized carbons (Fsp3) is 0.417. The van der Waals surface area contributed by atoms with Crippen molar-refractivity contribution >= 4 is 23.3 Å². The van der Waals surface area contributed by atoms with Crippen molar-refractivity contribution in [2.24, 2.45) is 0 Å². The minimum atomic E-state index is 0.341. The lowest BCUT2D eigenvalue weighted by Crippen LogP contribution is -2.17. The van der Waals surface area contributed by atoms with Gasteiger partial charge in [-0.3, -0.25) is 0 Å². The molecule has 18 heavy (non-hydrogen) atoms. The number of pyridine rings is 1. The summed E-state index contributed by atoms with van der Waals surface area (Å²) in [5, 5.41) is 4.36. The van der Waals surface area contributed by atoms with Crippen LogP contribution in [0, 0.1) is 6.92 Å². The zero-order chi connectivity index (χ0) is 13.0. The first-order chi connectivity index (χ1) is 8.69. The third-order valence-electron chi connectivity index (χ3n) is 2.47. The maximum Gasteiger partial charge on any atom is 0.176 e. The first kappa shape index (κ1) is 13.5. The van der Waals surface area contributed by atoms with E-state index in [1.165, 1.54) is 17.1 Å². The van der Waals surface area contributed by atoms with Crippen molar-refractivity contribution in [3.05, 3.63) is 29.7 Å². The van der Waals surface area contributed by atoms with Gasteiger partial charge in [-0.25, -0.2) is 9.97 Å². The molecule has 0 aliphatic carbocycles. The van der Waals surface area contributed by atoms with E-state index in [1.807, 2.05) is 19.2 Å². The fourth-order valence-electron chi connectivity index (χ4n) is 1.58. The maximum atomic E-state index is 4.36. The van der Waals surface area contributed by atoms with E-state index in [2.05, 4.69) is 39.6 Å². The smallest absolute Gasteiger partial charge is 0.176 e. The molecular formula is C12H16N4S2. The van der Waals surface area contributed by atoms with Crippen molar-refractivity contribution in [1.82, 2.24) is 19.7 Å². The highest BCUT2D eigenvalue weighted by atomic mass is 32.2. The van der Waals surface area contributed by atoms with Gasteiger partial charge >= 0.3 is 0 Å². The topological polar surface area (TPSA) is 50.7 Å². The van der Waals surface area contributed by atoms with E-state index < -0.39 is 0 Å². The van der Waals surface area contributed by atoms with E-state index in [0.29, 0.717) is 6.04 Å². The summed E-state index contributed by atoms with van der Waals surface area (Å²) in [5.41, 5.74) is 1.25. The Labute approximate surface area is 115 Å². The summed E-state index contributed by atoms with van der Waals surface area (Å²) in [6, 6.07) is 4.49. The number of hydrogen-bond donors (Lipinski definition) is 1. The summed E-state index contributed by atoms with van der Waals surface area (Å²) < 4.78 is 5.11. The summed E-state index contributed by atoms with van der Waals surface area (Å²) in [5.74, 6) is 0.819. The molecule has 0 aliphatic rings. The molecule has 0 radical (unpaired) electrons. The van der Waals surface area contributed by atoms with Gasteiger partial charge in [-0.1, -0.05) is 6.92 Å². The predicted octanol–water partition coefficient (Wildman–Crippen LogP) is 3.06. The van der Waals surface area contributed by atoms with Gasteiger partial charge in [-0.2, -0.15) is 4.37 Å². The van der Waals surface area contributed by atoms with Crippen molar-refractivity contribution in [2.45, 2.75) is 36.2 Å². The molecule has 0 aliphatic heterocycles. The third-order valence-corrected chi connectivity index (χ3v) is 4.24. The van der Waals surface area contributed by atoms with Crippen LogP contribution in [0.4, 0.5) is 0 Å². The SMILES string of the molecule is CCNC(C)c1ccnc(Sc2nc(C)ns2)c1. The molecule has 0 saturated carbocycles. The van der Waals surface area contributed by atoms with Crippen LogP contribution in [0.2, 0.25) is 0 Å². The van der Waals surface area contributed by atoms with Gasteiger partial charge in [-0.15, -0.1) is 0 Å². The number of nitrogens with one attached hydrogen (secondary N) is 1. The number of nitrogens with zero attached hydrogens (tertiary/aromatic N) is 3. The van der Waals surface area contributed by atoms with E-state index in [0.717, 1.165) is 21.7 Å². The molecule has 2 aromatic rings. The molecule has 0 amide bonds. The summed E-state index contributed by atoms with van der Waals surface area (Å²) >= 11 is 2.98. The molecule has 2 rings (SSSR count). The zero-order valence-electron chi connectivity index (χ0n) is 10.7. The van der Waals surface area contributed by atoms with Crippen LogP contribution in [0.25, 0.3) is 0 Å². The van der Waals surface area contributed by atoms with Gasteiger partial charge in [-0.05, 0) is 61.4 Å². The molecule has 0 bridgehead atoms.